The third-order valence-electron chi connectivity index (χ3n) is 4.62. The Labute approximate surface area is 128 Å². The van der Waals surface area contributed by atoms with E-state index in [9.17, 15) is 4.79 Å². The highest BCUT2D eigenvalue weighted by Gasteiger charge is 2.28. The lowest BCUT2D eigenvalue weighted by Gasteiger charge is -2.33. The van der Waals surface area contributed by atoms with Gasteiger partial charge in [-0.1, -0.05) is 51.3 Å². The molecular formula is C18H28N2O. The topological polar surface area (TPSA) is 32.3 Å². The van der Waals surface area contributed by atoms with Gasteiger partial charge in [-0.05, 0) is 30.5 Å². The van der Waals surface area contributed by atoms with Crippen LogP contribution in [0.5, 0.6) is 0 Å². The molecule has 1 N–H and O–H groups in total. The third-order valence-corrected chi connectivity index (χ3v) is 4.62. The van der Waals surface area contributed by atoms with Crippen LogP contribution in [0.1, 0.15) is 57.6 Å². The number of unbranched alkanes of at least 4 members (excludes halogenated alkanes) is 1. The lowest BCUT2D eigenvalue weighted by molar-refractivity contribution is -0.119. The number of fused-ring (bicyclic) bond motifs is 1. The van der Waals surface area contributed by atoms with Crippen LogP contribution in [0.2, 0.25) is 0 Å². The first-order valence-electron chi connectivity index (χ1n) is 8.26. The summed E-state index contributed by atoms with van der Waals surface area (Å²) in [6.07, 6.45) is 5.60. The molecule has 1 aliphatic rings. The summed E-state index contributed by atoms with van der Waals surface area (Å²) in [6.45, 7) is 5.51. The van der Waals surface area contributed by atoms with Crippen molar-refractivity contribution < 1.29 is 4.79 Å². The number of carbonyl (C=O) groups is 1. The SMILES string of the molecule is CCCCC(CC)CNC1CC(=O)N(C)c2ccccc21. The van der Waals surface area contributed by atoms with E-state index in [0.29, 0.717) is 12.3 Å². The molecule has 1 aromatic rings. The van der Waals surface area contributed by atoms with E-state index in [-0.39, 0.29) is 11.9 Å². The Morgan fingerprint density at radius 3 is 2.81 bits per heavy atom. The van der Waals surface area contributed by atoms with Crippen LogP contribution < -0.4 is 10.2 Å². The monoisotopic (exact) mass is 288 g/mol. The van der Waals surface area contributed by atoms with Gasteiger partial charge in [0.25, 0.3) is 0 Å². The van der Waals surface area contributed by atoms with E-state index in [1.165, 1.54) is 31.2 Å². The Hall–Kier alpha value is -1.35. The van der Waals surface area contributed by atoms with Crippen molar-refractivity contribution in [1.82, 2.24) is 5.32 Å². The standard InChI is InChI=1S/C18H28N2O/c1-4-6-9-14(5-2)13-19-16-12-18(21)20(3)17-11-8-7-10-15(16)17/h7-8,10-11,14,16,19H,4-6,9,12-13H2,1-3H3. The average Bonchev–Trinajstić information content (AvgIpc) is 2.52. The number of carbonyl (C=O) groups excluding carboxylic acids is 1. The number of anilines is 1. The average molecular weight is 288 g/mol. The third kappa shape index (κ3) is 3.85. The second-order valence-electron chi connectivity index (χ2n) is 6.09. The van der Waals surface area contributed by atoms with Crippen molar-refractivity contribution in [3.8, 4) is 0 Å². The molecular weight excluding hydrogens is 260 g/mol. The number of hydrogen-bond donors (Lipinski definition) is 1. The molecule has 0 saturated carbocycles. The number of rotatable bonds is 7. The van der Waals surface area contributed by atoms with Gasteiger partial charge in [-0.3, -0.25) is 4.79 Å². The molecule has 0 bridgehead atoms. The first-order valence-corrected chi connectivity index (χ1v) is 8.26. The highest BCUT2D eigenvalue weighted by atomic mass is 16.2. The Balaban J connectivity index is 2.03. The number of benzene rings is 1. The minimum absolute atomic E-state index is 0.167. The van der Waals surface area contributed by atoms with E-state index < -0.39 is 0 Å². The summed E-state index contributed by atoms with van der Waals surface area (Å²) in [5.41, 5.74) is 2.30. The maximum atomic E-state index is 12.1. The number of nitrogens with one attached hydrogen (secondary N) is 1. The van der Waals surface area contributed by atoms with Gasteiger partial charge in [0.1, 0.15) is 0 Å². The first kappa shape index (κ1) is 16.0. The summed E-state index contributed by atoms with van der Waals surface area (Å²) in [5.74, 6) is 0.916. The number of amides is 1. The van der Waals surface area contributed by atoms with Gasteiger partial charge in [-0.2, -0.15) is 0 Å². The molecule has 2 unspecified atom stereocenters. The molecule has 2 atom stereocenters. The smallest absolute Gasteiger partial charge is 0.228 e. The zero-order chi connectivity index (χ0) is 15.2. The Bertz CT molecular complexity index is 472. The summed E-state index contributed by atoms with van der Waals surface area (Å²) in [7, 11) is 1.87. The van der Waals surface area contributed by atoms with Gasteiger partial charge in [0.2, 0.25) is 5.91 Å². The van der Waals surface area contributed by atoms with Gasteiger partial charge in [0.05, 0.1) is 0 Å². The molecule has 0 spiro atoms. The van der Waals surface area contributed by atoms with Crippen LogP contribution in [0.25, 0.3) is 0 Å². The van der Waals surface area contributed by atoms with E-state index >= 15 is 0 Å². The maximum absolute atomic E-state index is 12.1. The lowest BCUT2D eigenvalue weighted by Crippen LogP contribution is -2.39. The van der Waals surface area contributed by atoms with Crippen molar-refractivity contribution in [2.75, 3.05) is 18.5 Å². The van der Waals surface area contributed by atoms with Crippen molar-refractivity contribution in [3.63, 3.8) is 0 Å². The molecule has 1 heterocycles. The van der Waals surface area contributed by atoms with Crippen molar-refractivity contribution in [2.24, 2.45) is 5.92 Å². The quantitative estimate of drug-likeness (QED) is 0.825. The van der Waals surface area contributed by atoms with Crippen LogP contribution in [-0.2, 0) is 4.79 Å². The zero-order valence-corrected chi connectivity index (χ0v) is 13.6. The maximum Gasteiger partial charge on any atom is 0.228 e. The zero-order valence-electron chi connectivity index (χ0n) is 13.6. The van der Waals surface area contributed by atoms with Crippen LogP contribution >= 0.6 is 0 Å². The molecule has 1 aliphatic heterocycles. The highest BCUT2D eigenvalue weighted by Crippen LogP contribution is 2.33. The fourth-order valence-corrected chi connectivity index (χ4v) is 3.08. The summed E-state index contributed by atoms with van der Waals surface area (Å²) in [5, 5.41) is 3.64. The van der Waals surface area contributed by atoms with Gasteiger partial charge >= 0.3 is 0 Å². The molecule has 1 aromatic carbocycles. The van der Waals surface area contributed by atoms with Crippen LogP contribution in [0.4, 0.5) is 5.69 Å². The molecule has 0 aromatic heterocycles. The number of para-hydroxylation sites is 1. The molecule has 0 saturated heterocycles. The fourth-order valence-electron chi connectivity index (χ4n) is 3.08. The molecule has 1 amide bonds. The van der Waals surface area contributed by atoms with Crippen LogP contribution in [-0.4, -0.2) is 19.5 Å². The van der Waals surface area contributed by atoms with Crippen LogP contribution in [0, 0.1) is 5.92 Å². The summed E-state index contributed by atoms with van der Waals surface area (Å²) in [6, 6.07) is 8.41. The predicted molar refractivity (Wildman–Crippen MR) is 88.5 cm³/mol. The minimum Gasteiger partial charge on any atom is -0.315 e. The molecule has 116 valence electrons. The second kappa shape index (κ2) is 7.60. The Morgan fingerprint density at radius 2 is 2.10 bits per heavy atom. The summed E-state index contributed by atoms with van der Waals surface area (Å²) >= 11 is 0. The molecule has 0 fully saturated rings. The largest absolute Gasteiger partial charge is 0.315 e. The van der Waals surface area contributed by atoms with Crippen molar-refractivity contribution >= 4 is 11.6 Å². The molecule has 0 radical (unpaired) electrons. The molecule has 3 nitrogen and oxygen atoms in total. The van der Waals surface area contributed by atoms with E-state index in [0.717, 1.165) is 12.2 Å². The van der Waals surface area contributed by atoms with E-state index in [1.54, 1.807) is 4.90 Å². The van der Waals surface area contributed by atoms with Crippen LogP contribution in [0.3, 0.4) is 0 Å². The molecule has 2 rings (SSSR count). The first-order chi connectivity index (χ1) is 10.2. The van der Waals surface area contributed by atoms with Gasteiger partial charge in [-0.25, -0.2) is 0 Å². The van der Waals surface area contributed by atoms with Crippen molar-refractivity contribution in [3.05, 3.63) is 29.8 Å². The Morgan fingerprint density at radius 1 is 1.33 bits per heavy atom. The summed E-state index contributed by atoms with van der Waals surface area (Å²) < 4.78 is 0. The predicted octanol–water partition coefficient (Wildman–Crippen LogP) is 3.90. The number of hydrogen-bond acceptors (Lipinski definition) is 2. The lowest BCUT2D eigenvalue weighted by atomic mass is 9.94. The van der Waals surface area contributed by atoms with Gasteiger partial charge in [0, 0.05) is 25.2 Å². The van der Waals surface area contributed by atoms with E-state index in [2.05, 4.69) is 31.3 Å². The second-order valence-corrected chi connectivity index (χ2v) is 6.09. The molecule has 0 aliphatic carbocycles. The fraction of sp³-hybridized carbons (Fsp3) is 0.611. The Kier molecular flexibility index (Phi) is 5.80. The molecule has 21 heavy (non-hydrogen) atoms. The number of nitrogens with zero attached hydrogens (tertiary/aromatic N) is 1. The van der Waals surface area contributed by atoms with Gasteiger partial charge in [0.15, 0.2) is 0 Å². The van der Waals surface area contributed by atoms with Crippen LogP contribution in [0.15, 0.2) is 24.3 Å². The summed E-state index contributed by atoms with van der Waals surface area (Å²) in [4.78, 5) is 13.9. The normalized spacial score (nSPS) is 19.5. The highest BCUT2D eigenvalue weighted by molar-refractivity contribution is 5.96. The minimum atomic E-state index is 0.167. The van der Waals surface area contributed by atoms with Gasteiger partial charge in [-0.15, -0.1) is 0 Å². The van der Waals surface area contributed by atoms with Crippen molar-refractivity contribution in [1.29, 1.82) is 0 Å². The molecule has 3 heteroatoms. The van der Waals surface area contributed by atoms with E-state index in [1.807, 2.05) is 19.2 Å². The van der Waals surface area contributed by atoms with Gasteiger partial charge < -0.3 is 10.2 Å². The van der Waals surface area contributed by atoms with Crippen molar-refractivity contribution in [2.45, 2.75) is 52.0 Å². The van der Waals surface area contributed by atoms with E-state index in [4.69, 9.17) is 0 Å².